The quantitative estimate of drug-likeness (QED) is 0.749. The Hall–Kier alpha value is -2.24. The Morgan fingerprint density at radius 3 is 2.94 bits per heavy atom. The Labute approximate surface area is 97.6 Å². The molecular formula is C11H11N3O3. The van der Waals surface area contributed by atoms with E-state index in [1.165, 1.54) is 0 Å². The maximum atomic E-state index is 11.3. The molecule has 2 aromatic rings. The van der Waals surface area contributed by atoms with E-state index in [-0.39, 0.29) is 18.4 Å². The van der Waals surface area contributed by atoms with Crippen LogP contribution in [0.5, 0.6) is 0 Å². The number of hydrogen-bond acceptors (Lipinski definition) is 6. The highest BCUT2D eigenvalue weighted by atomic mass is 16.5. The highest BCUT2D eigenvalue weighted by molar-refractivity contribution is 5.84. The first-order chi connectivity index (χ1) is 8.20. The molecule has 0 saturated heterocycles. The lowest BCUT2D eigenvalue weighted by Gasteiger charge is -1.96. The first-order valence-electron chi connectivity index (χ1n) is 5.15. The Morgan fingerprint density at radius 1 is 1.41 bits per heavy atom. The minimum atomic E-state index is -0.626. The number of hydrogen-bond donors (Lipinski definition) is 0. The first-order valence-corrected chi connectivity index (χ1v) is 5.15. The average molecular weight is 233 g/mol. The molecule has 0 saturated carbocycles. The summed E-state index contributed by atoms with van der Waals surface area (Å²) in [7, 11) is 0. The van der Waals surface area contributed by atoms with Gasteiger partial charge in [0.1, 0.15) is 5.69 Å². The molecule has 2 rings (SSSR count). The lowest BCUT2D eigenvalue weighted by atomic mass is 10.3. The van der Waals surface area contributed by atoms with E-state index in [4.69, 9.17) is 9.15 Å². The molecule has 88 valence electrons. The summed E-state index contributed by atoms with van der Waals surface area (Å²) in [5.74, 6) is -0.583. The van der Waals surface area contributed by atoms with E-state index in [0.29, 0.717) is 5.69 Å². The number of ether oxygens (including phenoxy) is 1. The fourth-order valence-electron chi connectivity index (χ4n) is 1.26. The third-order valence-corrected chi connectivity index (χ3v) is 1.98. The molecule has 2 aromatic heterocycles. The summed E-state index contributed by atoms with van der Waals surface area (Å²) < 4.78 is 9.93. The van der Waals surface area contributed by atoms with Crippen molar-refractivity contribution in [3.05, 3.63) is 29.8 Å². The van der Waals surface area contributed by atoms with E-state index >= 15 is 0 Å². The van der Waals surface area contributed by atoms with Gasteiger partial charge in [-0.25, -0.2) is 9.78 Å². The number of esters is 1. The summed E-state index contributed by atoms with van der Waals surface area (Å²) in [6.07, 6.45) is 0. The van der Waals surface area contributed by atoms with Crippen LogP contribution >= 0.6 is 0 Å². The normalized spacial score (nSPS) is 10.2. The number of aryl methyl sites for hydroxylation is 1. The number of rotatable bonds is 3. The maximum absolute atomic E-state index is 11.3. The van der Waals surface area contributed by atoms with E-state index in [1.54, 1.807) is 13.0 Å². The Kier molecular flexibility index (Phi) is 3.13. The third kappa shape index (κ3) is 2.47. The Bertz CT molecular complexity index is 536. The van der Waals surface area contributed by atoms with Gasteiger partial charge in [0.15, 0.2) is 0 Å². The van der Waals surface area contributed by atoms with Crippen molar-refractivity contribution < 1.29 is 13.9 Å². The first kappa shape index (κ1) is 11.3. The average Bonchev–Trinajstić information content (AvgIpc) is 2.78. The minimum absolute atomic E-state index is 0.162. The van der Waals surface area contributed by atoms with Gasteiger partial charge in [-0.3, -0.25) is 0 Å². The van der Waals surface area contributed by atoms with Crippen LogP contribution in [0.2, 0.25) is 0 Å². The second kappa shape index (κ2) is 4.73. The predicted octanol–water partition coefficient (Wildman–Crippen LogP) is 1.62. The minimum Gasteiger partial charge on any atom is -0.459 e. The second-order valence-electron chi connectivity index (χ2n) is 3.30. The van der Waals surface area contributed by atoms with Crippen LogP contribution in [-0.4, -0.2) is 27.8 Å². The molecule has 17 heavy (non-hydrogen) atoms. The van der Waals surface area contributed by atoms with Crippen molar-refractivity contribution >= 4 is 5.97 Å². The molecule has 0 unspecified atom stereocenters. The zero-order chi connectivity index (χ0) is 12.3. The summed E-state index contributed by atoms with van der Waals surface area (Å²) in [6, 6.07) is 5.41. The lowest BCUT2D eigenvalue weighted by molar-refractivity contribution is 0.0481. The Morgan fingerprint density at radius 2 is 2.24 bits per heavy atom. The predicted molar refractivity (Wildman–Crippen MR) is 58.2 cm³/mol. The molecule has 0 aromatic carbocycles. The van der Waals surface area contributed by atoms with Crippen LogP contribution in [0, 0.1) is 6.92 Å². The summed E-state index contributed by atoms with van der Waals surface area (Å²) in [4.78, 5) is 15.5. The van der Waals surface area contributed by atoms with E-state index < -0.39 is 5.97 Å². The summed E-state index contributed by atoms with van der Waals surface area (Å²) in [5, 5.41) is 7.36. The number of carbonyl (C=O) groups excluding carboxylic acids is 1. The number of pyridine rings is 1. The van der Waals surface area contributed by atoms with Gasteiger partial charge >= 0.3 is 11.9 Å². The number of nitrogens with zero attached hydrogens (tertiary/aromatic N) is 3. The van der Waals surface area contributed by atoms with E-state index in [1.807, 2.05) is 19.1 Å². The fourth-order valence-corrected chi connectivity index (χ4v) is 1.26. The Balaban J connectivity index is 2.27. The SMILES string of the molecule is CCOC(=O)c1nnc(-c2cccc(C)n2)o1. The van der Waals surface area contributed by atoms with Gasteiger partial charge in [-0.15, -0.1) is 10.2 Å². The standard InChI is InChI=1S/C11H11N3O3/c1-3-16-11(15)10-14-13-9(17-10)8-6-4-5-7(2)12-8/h4-6H,3H2,1-2H3. The molecule has 0 amide bonds. The highest BCUT2D eigenvalue weighted by Crippen LogP contribution is 2.15. The molecule has 0 N–H and O–H groups in total. The van der Waals surface area contributed by atoms with Gasteiger partial charge in [0, 0.05) is 5.69 Å². The van der Waals surface area contributed by atoms with Gasteiger partial charge in [-0.2, -0.15) is 0 Å². The van der Waals surface area contributed by atoms with Crippen LogP contribution in [0.4, 0.5) is 0 Å². The molecule has 0 aliphatic carbocycles. The molecule has 6 heteroatoms. The van der Waals surface area contributed by atoms with Crippen molar-refractivity contribution in [2.45, 2.75) is 13.8 Å². The van der Waals surface area contributed by atoms with Crippen molar-refractivity contribution in [3.63, 3.8) is 0 Å². The van der Waals surface area contributed by atoms with Gasteiger partial charge in [-0.1, -0.05) is 6.07 Å². The molecule has 0 bridgehead atoms. The number of aromatic nitrogens is 3. The van der Waals surface area contributed by atoms with Crippen LogP contribution in [0.15, 0.2) is 22.6 Å². The molecule has 0 aliphatic heterocycles. The molecule has 0 spiro atoms. The van der Waals surface area contributed by atoms with Crippen LogP contribution in [0.3, 0.4) is 0 Å². The van der Waals surface area contributed by atoms with Crippen molar-refractivity contribution in [1.29, 1.82) is 0 Å². The maximum Gasteiger partial charge on any atom is 0.396 e. The van der Waals surface area contributed by atoms with Crippen molar-refractivity contribution in [3.8, 4) is 11.6 Å². The van der Waals surface area contributed by atoms with Gasteiger partial charge < -0.3 is 9.15 Å². The molecule has 0 atom stereocenters. The molecular weight excluding hydrogens is 222 g/mol. The van der Waals surface area contributed by atoms with Gasteiger partial charge in [0.05, 0.1) is 6.61 Å². The number of carbonyl (C=O) groups is 1. The van der Waals surface area contributed by atoms with Crippen LogP contribution in [0.1, 0.15) is 23.3 Å². The molecule has 0 radical (unpaired) electrons. The van der Waals surface area contributed by atoms with Crippen LogP contribution in [0.25, 0.3) is 11.6 Å². The van der Waals surface area contributed by atoms with Gasteiger partial charge in [0.25, 0.3) is 5.89 Å². The van der Waals surface area contributed by atoms with E-state index in [2.05, 4.69) is 15.2 Å². The molecule has 0 fully saturated rings. The summed E-state index contributed by atoms with van der Waals surface area (Å²) in [6.45, 7) is 3.82. The van der Waals surface area contributed by atoms with Crippen LogP contribution < -0.4 is 0 Å². The van der Waals surface area contributed by atoms with Gasteiger partial charge in [0.2, 0.25) is 0 Å². The third-order valence-electron chi connectivity index (χ3n) is 1.98. The van der Waals surface area contributed by atoms with E-state index in [0.717, 1.165) is 5.69 Å². The van der Waals surface area contributed by atoms with E-state index in [9.17, 15) is 4.79 Å². The molecule has 2 heterocycles. The monoisotopic (exact) mass is 233 g/mol. The van der Waals surface area contributed by atoms with Crippen LogP contribution in [-0.2, 0) is 4.74 Å². The second-order valence-corrected chi connectivity index (χ2v) is 3.30. The zero-order valence-electron chi connectivity index (χ0n) is 9.51. The van der Waals surface area contributed by atoms with Crippen molar-refractivity contribution in [2.75, 3.05) is 6.61 Å². The largest absolute Gasteiger partial charge is 0.459 e. The van der Waals surface area contributed by atoms with Crippen molar-refractivity contribution in [1.82, 2.24) is 15.2 Å². The molecule has 0 aliphatic rings. The smallest absolute Gasteiger partial charge is 0.396 e. The highest BCUT2D eigenvalue weighted by Gasteiger charge is 2.17. The zero-order valence-corrected chi connectivity index (χ0v) is 9.51. The molecule has 6 nitrogen and oxygen atoms in total. The summed E-state index contributed by atoms with van der Waals surface area (Å²) in [5.41, 5.74) is 1.37. The van der Waals surface area contributed by atoms with Gasteiger partial charge in [-0.05, 0) is 26.0 Å². The summed E-state index contributed by atoms with van der Waals surface area (Å²) >= 11 is 0. The lowest BCUT2D eigenvalue weighted by Crippen LogP contribution is -2.04. The fraction of sp³-hybridized carbons (Fsp3) is 0.273. The van der Waals surface area contributed by atoms with Crippen molar-refractivity contribution in [2.24, 2.45) is 0 Å². The topological polar surface area (TPSA) is 78.1 Å².